The number of alkyl halides is 3. The van der Waals surface area contributed by atoms with E-state index in [0.717, 1.165) is 12.1 Å². The van der Waals surface area contributed by atoms with E-state index in [1.807, 2.05) is 5.32 Å². The molecule has 7 amide bonds. The number of aryl methyl sites for hydroxylation is 1. The van der Waals surface area contributed by atoms with Crippen molar-refractivity contribution in [1.82, 2.24) is 37.2 Å². The fourth-order valence-electron chi connectivity index (χ4n) is 8.12. The van der Waals surface area contributed by atoms with Gasteiger partial charge in [-0.3, -0.25) is 62.9 Å². The maximum atomic E-state index is 14.8. The SMILES string of the molecule is Cc1ccccc1C[C@H](NC(=O)[C@H](CCC(=O)OC(C)(C)C)NC(=O)[C@H](CC(=O)OC(C)(C)C)NC(=O)CCC(=O)OC(C)(C)C)C(=O)N[C@H](C(=O)N[C@@H](CC(C)C)C(=O)NC(CC(F)(F)F)C(=O)C(=O)NCc1ccc([N+](=O)[O-])cc1)C(C)(C)C. The lowest BCUT2D eigenvalue weighted by molar-refractivity contribution is -0.384. The molecule has 2 aromatic rings. The molecule has 0 aromatic heterocycles. The average Bonchev–Trinajstić information content (AvgIpc) is 3.21. The van der Waals surface area contributed by atoms with E-state index in [1.54, 1.807) is 107 Å². The number of nitrogens with one attached hydrogen (secondary N) is 7. The van der Waals surface area contributed by atoms with Gasteiger partial charge in [0.05, 0.1) is 24.2 Å². The highest BCUT2D eigenvalue weighted by molar-refractivity contribution is 6.38. The number of non-ortho nitro benzene ring substituents is 1. The summed E-state index contributed by atoms with van der Waals surface area (Å²) in [5.41, 5.74) is -3.02. The smallest absolute Gasteiger partial charge is 0.391 e. The Morgan fingerprint density at radius 3 is 1.55 bits per heavy atom. The molecule has 478 valence electrons. The molecule has 24 nitrogen and oxygen atoms in total. The lowest BCUT2D eigenvalue weighted by Gasteiger charge is -2.34. The van der Waals surface area contributed by atoms with Crippen LogP contribution in [0.1, 0.15) is 159 Å². The summed E-state index contributed by atoms with van der Waals surface area (Å²) >= 11 is 0. The van der Waals surface area contributed by atoms with E-state index in [4.69, 9.17) is 14.2 Å². The molecular weight excluding hydrogens is 1130 g/mol. The van der Waals surface area contributed by atoms with Gasteiger partial charge in [0.25, 0.3) is 11.6 Å². The number of rotatable bonds is 29. The highest BCUT2D eigenvalue weighted by Crippen LogP contribution is 2.24. The predicted molar refractivity (Wildman–Crippen MR) is 307 cm³/mol. The van der Waals surface area contributed by atoms with Gasteiger partial charge in [-0.1, -0.05) is 71.0 Å². The van der Waals surface area contributed by atoms with Gasteiger partial charge >= 0.3 is 24.1 Å². The van der Waals surface area contributed by atoms with E-state index in [9.17, 15) is 76.0 Å². The van der Waals surface area contributed by atoms with Crippen LogP contribution in [0.2, 0.25) is 0 Å². The van der Waals surface area contributed by atoms with Crippen LogP contribution in [0, 0.1) is 28.4 Å². The molecule has 0 aliphatic carbocycles. The zero-order valence-electron chi connectivity index (χ0n) is 51.6. The molecule has 2 rings (SSSR count). The molecule has 0 spiro atoms. The fraction of sp³-hybridized carbons (Fsp3) is 0.610. The minimum absolute atomic E-state index is 0.238. The zero-order chi connectivity index (χ0) is 65.9. The summed E-state index contributed by atoms with van der Waals surface area (Å²) < 4.78 is 58.1. The number of halogens is 3. The second kappa shape index (κ2) is 31.9. The van der Waals surface area contributed by atoms with E-state index in [2.05, 4.69) is 31.9 Å². The van der Waals surface area contributed by atoms with Crippen LogP contribution in [0.5, 0.6) is 0 Å². The van der Waals surface area contributed by atoms with Crippen LogP contribution < -0.4 is 37.2 Å². The number of nitro benzene ring substituents is 1. The van der Waals surface area contributed by atoms with Gasteiger partial charge in [-0.15, -0.1) is 0 Å². The zero-order valence-corrected chi connectivity index (χ0v) is 51.6. The Bertz CT molecular complexity index is 2760. The molecule has 0 saturated heterocycles. The van der Waals surface area contributed by atoms with Crippen molar-refractivity contribution in [3.8, 4) is 0 Å². The van der Waals surface area contributed by atoms with Gasteiger partial charge in [0.2, 0.25) is 41.2 Å². The minimum atomic E-state index is -5.11. The van der Waals surface area contributed by atoms with Crippen LogP contribution in [0.25, 0.3) is 0 Å². The van der Waals surface area contributed by atoms with Crippen molar-refractivity contribution in [3.63, 3.8) is 0 Å². The quantitative estimate of drug-likeness (QED) is 0.0180. The monoisotopic (exact) mass is 1220 g/mol. The van der Waals surface area contributed by atoms with Crippen molar-refractivity contribution >= 4 is 70.7 Å². The Morgan fingerprint density at radius 1 is 0.558 bits per heavy atom. The Kier molecular flexibility index (Phi) is 27.5. The maximum Gasteiger partial charge on any atom is 0.391 e. The summed E-state index contributed by atoms with van der Waals surface area (Å²) in [4.78, 5) is 161. The average molecular weight is 1220 g/mol. The number of esters is 3. The fourth-order valence-corrected chi connectivity index (χ4v) is 8.12. The first-order valence-corrected chi connectivity index (χ1v) is 28.0. The lowest BCUT2D eigenvalue weighted by atomic mass is 9.85. The van der Waals surface area contributed by atoms with Crippen molar-refractivity contribution < 1.29 is 85.0 Å². The van der Waals surface area contributed by atoms with Gasteiger partial charge in [0, 0.05) is 37.9 Å². The van der Waals surface area contributed by atoms with Crippen molar-refractivity contribution in [1.29, 1.82) is 0 Å². The van der Waals surface area contributed by atoms with Crippen LogP contribution in [0.15, 0.2) is 48.5 Å². The maximum absolute atomic E-state index is 14.8. The molecule has 0 heterocycles. The molecule has 0 radical (unpaired) electrons. The van der Waals surface area contributed by atoms with Crippen molar-refractivity contribution in [2.75, 3.05) is 0 Å². The summed E-state index contributed by atoms with van der Waals surface area (Å²) in [6, 6.07) is 0.627. The first-order valence-electron chi connectivity index (χ1n) is 28.0. The highest BCUT2D eigenvalue weighted by Gasteiger charge is 2.42. The summed E-state index contributed by atoms with van der Waals surface area (Å²) in [6.45, 7) is 23.5. The number of amides is 7. The Balaban J connectivity index is 2.61. The molecule has 7 N–H and O–H groups in total. The number of hydrogen-bond acceptors (Lipinski definition) is 16. The van der Waals surface area contributed by atoms with E-state index in [0.29, 0.717) is 11.1 Å². The predicted octanol–water partition coefficient (Wildman–Crippen LogP) is 5.26. The van der Waals surface area contributed by atoms with Crippen molar-refractivity contribution in [2.45, 2.75) is 221 Å². The highest BCUT2D eigenvalue weighted by atomic mass is 19.4. The molecule has 2 aromatic carbocycles. The van der Waals surface area contributed by atoms with Gasteiger partial charge in [-0.2, -0.15) is 13.2 Å². The van der Waals surface area contributed by atoms with E-state index < -0.39 is 186 Å². The van der Waals surface area contributed by atoms with E-state index >= 15 is 0 Å². The molecule has 0 aliphatic rings. The van der Waals surface area contributed by atoms with Crippen LogP contribution in [0.4, 0.5) is 18.9 Å². The van der Waals surface area contributed by atoms with Gasteiger partial charge in [-0.05, 0) is 110 Å². The second-order valence-electron chi connectivity index (χ2n) is 25.2. The number of Topliss-reactive ketones (excluding diaryl/α,β-unsaturated/α-hetero) is 1. The van der Waals surface area contributed by atoms with Crippen LogP contribution in [0.3, 0.4) is 0 Å². The molecule has 1 unspecified atom stereocenters. The molecule has 0 fully saturated rings. The van der Waals surface area contributed by atoms with Gasteiger partial charge in [-0.25, -0.2) is 0 Å². The Morgan fingerprint density at radius 2 is 1.03 bits per heavy atom. The van der Waals surface area contributed by atoms with Crippen molar-refractivity contribution in [3.05, 3.63) is 75.3 Å². The molecule has 0 aliphatic heterocycles. The summed E-state index contributed by atoms with van der Waals surface area (Å²) in [6.07, 6.45) is -10.2. The largest absolute Gasteiger partial charge is 0.460 e. The lowest BCUT2D eigenvalue weighted by Crippen LogP contribution is -2.62. The summed E-state index contributed by atoms with van der Waals surface area (Å²) in [5, 5.41) is 27.8. The van der Waals surface area contributed by atoms with Crippen LogP contribution in [-0.4, -0.2) is 129 Å². The Labute approximate surface area is 499 Å². The molecule has 86 heavy (non-hydrogen) atoms. The second-order valence-corrected chi connectivity index (χ2v) is 25.2. The molecule has 0 bridgehead atoms. The molecular formula is C59H85F3N8O16. The molecule has 6 atom stereocenters. The van der Waals surface area contributed by atoms with E-state index in [-0.39, 0.29) is 24.1 Å². The number of carbonyl (C=O) groups excluding carboxylic acids is 11. The van der Waals surface area contributed by atoms with E-state index in [1.165, 1.54) is 32.9 Å². The number of ketones is 1. The number of nitrogens with zero attached hydrogens (tertiary/aromatic N) is 1. The summed E-state index contributed by atoms with van der Waals surface area (Å²) in [7, 11) is 0. The third kappa shape index (κ3) is 28.7. The molecule has 0 saturated carbocycles. The third-order valence-electron chi connectivity index (χ3n) is 12.1. The number of ether oxygens (including phenoxy) is 3. The number of benzene rings is 2. The minimum Gasteiger partial charge on any atom is -0.460 e. The first kappa shape index (κ1) is 74.1. The van der Waals surface area contributed by atoms with Crippen LogP contribution >= 0.6 is 0 Å². The molecule has 27 heteroatoms. The number of hydrogen-bond donors (Lipinski definition) is 7. The van der Waals surface area contributed by atoms with Gasteiger partial charge < -0.3 is 51.4 Å². The van der Waals surface area contributed by atoms with Gasteiger partial charge in [0.15, 0.2) is 0 Å². The van der Waals surface area contributed by atoms with Crippen molar-refractivity contribution in [2.24, 2.45) is 11.3 Å². The topological polar surface area (TPSA) is 343 Å². The first-order chi connectivity index (χ1) is 39.3. The van der Waals surface area contributed by atoms with Gasteiger partial charge in [0.1, 0.15) is 53.1 Å². The Hall–Kier alpha value is -8.00. The standard InChI is InChI=1S/C59H85F3N8O16/c1-33(2)28-39(50(77)68-42(31-59(60,61)62)47(75)53(80)63-32-35-20-22-37(23-21-35)70(82)83)67-54(81)48(55(4,5)6)69-52(79)40(29-36-19-17-16-18-34(36)3)66-49(76)38(24-26-44(72)84-56(7,8)9)65-51(78)41(30-46(74)86-58(13,14)15)64-43(71)25-27-45(73)85-57(10,11)12/h16-23,33,38-42,48H,24-32H2,1-15H3,(H,63,80)(H,64,71)(H,65,78)(H,66,76)(H,67,81)(H,68,77)(H,69,79)/t38-,39-,40-,41-,42?,48+/m0/s1. The summed E-state index contributed by atoms with van der Waals surface area (Å²) in [5.74, 6) is -12.5. The normalized spacial score (nSPS) is 14.1. The van der Waals surface area contributed by atoms with Crippen LogP contribution in [-0.2, 0) is 79.9 Å². The number of carbonyl (C=O) groups is 11. The number of nitro groups is 1. The third-order valence-corrected chi connectivity index (χ3v) is 12.1.